The van der Waals surface area contributed by atoms with Crippen molar-refractivity contribution in [2.45, 2.75) is 38.4 Å². The molecule has 1 aromatic carbocycles. The third-order valence-electron chi connectivity index (χ3n) is 4.39. The summed E-state index contributed by atoms with van der Waals surface area (Å²) in [5.74, 6) is 1.37. The van der Waals surface area contributed by atoms with E-state index in [0.29, 0.717) is 31.3 Å². The fourth-order valence-electron chi connectivity index (χ4n) is 3.54. The molecular weight excluding hydrogens is 236 g/mol. The molecule has 2 nitrogen and oxygen atoms in total. The molecule has 102 valence electrons. The molecule has 0 spiro atoms. The van der Waals surface area contributed by atoms with Gasteiger partial charge in [-0.1, -0.05) is 42.5 Å². The van der Waals surface area contributed by atoms with E-state index >= 15 is 0 Å². The van der Waals surface area contributed by atoms with E-state index in [1.54, 1.807) is 0 Å². The first-order valence-electron chi connectivity index (χ1n) is 7.23. The first-order valence-corrected chi connectivity index (χ1v) is 7.23. The van der Waals surface area contributed by atoms with Gasteiger partial charge in [0.2, 0.25) is 0 Å². The van der Waals surface area contributed by atoms with E-state index in [4.69, 9.17) is 9.47 Å². The van der Waals surface area contributed by atoms with Crippen LogP contribution in [-0.2, 0) is 16.1 Å². The predicted molar refractivity (Wildman–Crippen MR) is 75.6 cm³/mol. The second-order valence-electron chi connectivity index (χ2n) is 5.84. The van der Waals surface area contributed by atoms with Crippen LogP contribution in [0.1, 0.15) is 31.2 Å². The highest BCUT2D eigenvalue weighted by Crippen LogP contribution is 2.45. The minimum Gasteiger partial charge on any atom is -0.352 e. The fourth-order valence-corrected chi connectivity index (χ4v) is 3.54. The van der Waals surface area contributed by atoms with Crippen molar-refractivity contribution in [2.75, 3.05) is 6.79 Å². The molecule has 0 aromatic heterocycles. The van der Waals surface area contributed by atoms with Gasteiger partial charge >= 0.3 is 0 Å². The van der Waals surface area contributed by atoms with Crippen molar-refractivity contribution in [2.24, 2.45) is 11.8 Å². The Morgan fingerprint density at radius 3 is 2.42 bits per heavy atom. The largest absolute Gasteiger partial charge is 0.352 e. The van der Waals surface area contributed by atoms with Gasteiger partial charge < -0.3 is 9.47 Å². The Bertz CT molecular complexity index is 410. The molecule has 0 amide bonds. The standard InChI is InChI=1S/C17H22O2/c1-13-9-15-7-8-16(10-13)17(15)19-12-18-11-14-5-3-2-4-6-14/h2-6,15-17H,1,7-12H2. The predicted octanol–water partition coefficient (Wildman–Crippen LogP) is 3.92. The van der Waals surface area contributed by atoms with Gasteiger partial charge in [0.05, 0.1) is 12.7 Å². The molecule has 2 unspecified atom stereocenters. The summed E-state index contributed by atoms with van der Waals surface area (Å²) in [4.78, 5) is 0. The van der Waals surface area contributed by atoms with Gasteiger partial charge in [-0.25, -0.2) is 0 Å². The highest BCUT2D eigenvalue weighted by Gasteiger charge is 2.40. The van der Waals surface area contributed by atoms with Gasteiger partial charge in [0.15, 0.2) is 0 Å². The van der Waals surface area contributed by atoms with E-state index < -0.39 is 0 Å². The number of allylic oxidation sites excluding steroid dienone is 1. The molecule has 2 saturated carbocycles. The number of hydrogen-bond acceptors (Lipinski definition) is 2. The molecule has 19 heavy (non-hydrogen) atoms. The molecule has 1 aromatic rings. The topological polar surface area (TPSA) is 18.5 Å². The van der Waals surface area contributed by atoms with Crippen LogP contribution in [0, 0.1) is 11.8 Å². The van der Waals surface area contributed by atoms with E-state index in [2.05, 4.69) is 18.7 Å². The molecule has 0 N–H and O–H groups in total. The summed E-state index contributed by atoms with van der Waals surface area (Å²) in [7, 11) is 0. The van der Waals surface area contributed by atoms with Crippen LogP contribution in [0.25, 0.3) is 0 Å². The zero-order valence-electron chi connectivity index (χ0n) is 11.4. The minimum atomic E-state index is 0.404. The van der Waals surface area contributed by atoms with Gasteiger partial charge in [-0.3, -0.25) is 0 Å². The average Bonchev–Trinajstić information content (AvgIpc) is 2.67. The van der Waals surface area contributed by atoms with Crippen molar-refractivity contribution in [1.29, 1.82) is 0 Å². The van der Waals surface area contributed by atoms with Gasteiger partial charge in [0.25, 0.3) is 0 Å². The summed E-state index contributed by atoms with van der Waals surface area (Å²) in [6.45, 7) is 5.19. The fraction of sp³-hybridized carbons (Fsp3) is 0.529. The lowest BCUT2D eigenvalue weighted by Crippen LogP contribution is -2.30. The van der Waals surface area contributed by atoms with Gasteiger partial charge in [0.1, 0.15) is 6.79 Å². The highest BCUT2D eigenvalue weighted by molar-refractivity contribution is 5.13. The van der Waals surface area contributed by atoms with Crippen LogP contribution in [0.2, 0.25) is 0 Å². The maximum atomic E-state index is 5.98. The van der Waals surface area contributed by atoms with Gasteiger partial charge in [-0.05, 0) is 43.1 Å². The summed E-state index contributed by atoms with van der Waals surface area (Å²) in [6, 6.07) is 10.2. The van der Waals surface area contributed by atoms with E-state index in [-0.39, 0.29) is 0 Å². The number of ether oxygens (including phenoxy) is 2. The maximum Gasteiger partial charge on any atom is 0.147 e. The van der Waals surface area contributed by atoms with Crippen molar-refractivity contribution >= 4 is 0 Å². The first kappa shape index (κ1) is 12.9. The van der Waals surface area contributed by atoms with Crippen LogP contribution < -0.4 is 0 Å². The summed E-state index contributed by atoms with van der Waals surface area (Å²) < 4.78 is 11.6. The van der Waals surface area contributed by atoms with E-state index in [9.17, 15) is 0 Å². The SMILES string of the molecule is C=C1CC2CCC(C1)C2OCOCc1ccccc1. The Balaban J connectivity index is 1.42. The van der Waals surface area contributed by atoms with Crippen molar-refractivity contribution in [3.05, 3.63) is 48.0 Å². The zero-order valence-corrected chi connectivity index (χ0v) is 11.4. The summed E-state index contributed by atoms with van der Waals surface area (Å²) >= 11 is 0. The van der Waals surface area contributed by atoms with Crippen LogP contribution in [0.15, 0.2) is 42.5 Å². The molecule has 0 radical (unpaired) electrons. The number of benzene rings is 1. The monoisotopic (exact) mass is 258 g/mol. The smallest absolute Gasteiger partial charge is 0.147 e. The van der Waals surface area contributed by atoms with Gasteiger partial charge in [-0.15, -0.1) is 0 Å². The van der Waals surface area contributed by atoms with E-state index in [0.717, 1.165) is 12.8 Å². The lowest BCUT2D eigenvalue weighted by molar-refractivity contribution is -0.122. The number of fused-ring (bicyclic) bond motifs is 2. The van der Waals surface area contributed by atoms with Crippen LogP contribution in [0.3, 0.4) is 0 Å². The average molecular weight is 258 g/mol. The third kappa shape index (κ3) is 3.07. The Morgan fingerprint density at radius 2 is 1.74 bits per heavy atom. The molecule has 2 bridgehead atoms. The Labute approximate surface area is 115 Å². The van der Waals surface area contributed by atoms with Crippen molar-refractivity contribution in [3.63, 3.8) is 0 Å². The second-order valence-corrected chi connectivity index (χ2v) is 5.84. The molecule has 0 saturated heterocycles. The molecule has 2 aliphatic carbocycles. The maximum absolute atomic E-state index is 5.98. The molecule has 0 heterocycles. The van der Waals surface area contributed by atoms with Crippen LogP contribution in [-0.4, -0.2) is 12.9 Å². The minimum absolute atomic E-state index is 0.404. The molecule has 2 heteroatoms. The van der Waals surface area contributed by atoms with Gasteiger partial charge in [0, 0.05) is 0 Å². The third-order valence-corrected chi connectivity index (χ3v) is 4.39. The molecule has 2 atom stereocenters. The van der Waals surface area contributed by atoms with Crippen molar-refractivity contribution < 1.29 is 9.47 Å². The first-order chi connectivity index (χ1) is 9.33. The van der Waals surface area contributed by atoms with Crippen LogP contribution >= 0.6 is 0 Å². The molecule has 0 aliphatic heterocycles. The Morgan fingerprint density at radius 1 is 1.05 bits per heavy atom. The van der Waals surface area contributed by atoms with Crippen LogP contribution in [0.4, 0.5) is 0 Å². The number of rotatable bonds is 5. The Hall–Kier alpha value is -1.12. The molecule has 3 rings (SSSR count). The normalized spacial score (nSPS) is 29.7. The summed E-state index contributed by atoms with van der Waals surface area (Å²) in [6.07, 6.45) is 5.31. The molecule has 2 fully saturated rings. The number of hydrogen-bond donors (Lipinski definition) is 0. The lowest BCUT2D eigenvalue weighted by atomic mass is 9.83. The molecule has 2 aliphatic rings. The highest BCUT2D eigenvalue weighted by atomic mass is 16.7. The second kappa shape index (κ2) is 5.89. The summed E-state index contributed by atoms with van der Waals surface area (Å²) in [5, 5.41) is 0. The van der Waals surface area contributed by atoms with Crippen molar-refractivity contribution in [1.82, 2.24) is 0 Å². The quantitative estimate of drug-likeness (QED) is 0.453. The molecular formula is C17H22O2. The lowest BCUT2D eigenvalue weighted by Gasteiger charge is -2.31. The van der Waals surface area contributed by atoms with Crippen LogP contribution in [0.5, 0.6) is 0 Å². The summed E-state index contributed by atoms with van der Waals surface area (Å²) in [5.41, 5.74) is 2.61. The van der Waals surface area contributed by atoms with Crippen molar-refractivity contribution in [3.8, 4) is 0 Å². The van der Waals surface area contributed by atoms with E-state index in [1.165, 1.54) is 24.0 Å². The van der Waals surface area contributed by atoms with Gasteiger partial charge in [-0.2, -0.15) is 0 Å². The van der Waals surface area contributed by atoms with E-state index in [1.807, 2.05) is 18.2 Å². The Kier molecular flexibility index (Phi) is 4.00. The zero-order chi connectivity index (χ0) is 13.1.